The third-order valence-electron chi connectivity index (χ3n) is 12.8. The van der Waals surface area contributed by atoms with Crippen LogP contribution in [0.2, 0.25) is 0 Å². The number of hydrogen-bond donors (Lipinski definition) is 0. The van der Waals surface area contributed by atoms with Crippen molar-refractivity contribution in [2.45, 2.75) is 27.2 Å². The summed E-state index contributed by atoms with van der Waals surface area (Å²) in [7, 11) is 0. The Hall–Kier alpha value is -7.10. The maximum atomic E-state index is 2.48. The fourth-order valence-corrected chi connectivity index (χ4v) is 9.98. The highest BCUT2D eigenvalue weighted by atomic mass is 15.0. The van der Waals surface area contributed by atoms with Crippen molar-refractivity contribution in [1.82, 2.24) is 13.7 Å². The molecule has 0 saturated carbocycles. The number of para-hydroxylation sites is 3. The molecule has 0 aliphatic heterocycles. The van der Waals surface area contributed by atoms with Crippen molar-refractivity contribution in [3.05, 3.63) is 192 Å². The summed E-state index contributed by atoms with van der Waals surface area (Å²) < 4.78 is 7.29. The standard InChI is InChI=1S/C56H43N3/c1-36-17-19-37(20-18-36)38-21-25-42(26-22-38)58-50-15-9-7-13-44(50)46-31-39(23-28-52(46)58)40-24-29-53-47(32-40)49-34-56(2,3)35-55(49)59(53)43-27-30-54-48(33-43)45-14-8-10-16-51(45)57(54)41-11-5-4-6-12-41/h4-17,19-36H,18H2,1-3H3. The summed E-state index contributed by atoms with van der Waals surface area (Å²) in [5, 5.41) is 8.91. The number of allylic oxidation sites excluding steroid dienone is 4. The van der Waals surface area contributed by atoms with E-state index in [9.17, 15) is 0 Å². The summed E-state index contributed by atoms with van der Waals surface area (Å²) in [6.07, 6.45) is 12.9. The first-order valence-corrected chi connectivity index (χ1v) is 20.9. The maximum Gasteiger partial charge on any atom is 0.0542 e. The van der Waals surface area contributed by atoms with Crippen molar-refractivity contribution in [2.75, 3.05) is 0 Å². The zero-order valence-corrected chi connectivity index (χ0v) is 33.5. The second kappa shape index (κ2) is 12.7. The Balaban J connectivity index is 0.992. The van der Waals surface area contributed by atoms with Gasteiger partial charge in [-0.1, -0.05) is 130 Å². The fraction of sp³-hybridized carbons (Fsp3) is 0.107. The van der Waals surface area contributed by atoms with Crippen LogP contribution < -0.4 is 10.6 Å². The molecule has 3 heterocycles. The zero-order valence-electron chi connectivity index (χ0n) is 33.5. The van der Waals surface area contributed by atoms with E-state index in [1.165, 1.54) is 104 Å². The Labute approximate surface area is 343 Å². The molecule has 1 unspecified atom stereocenters. The number of hydrogen-bond acceptors (Lipinski definition) is 0. The molecular weight excluding hydrogens is 715 g/mol. The molecular formula is C56H43N3. The van der Waals surface area contributed by atoms with Crippen molar-refractivity contribution in [1.29, 1.82) is 0 Å². The SMILES string of the molecule is CC1C=CC(c2ccc(-n3c4ccccc4c4cc(-c5ccc6c(c5)c5c(n6-c6ccc7c(c6)c6ccccc6n7-c6ccccc6)=CC(C)(C)C=5)ccc43)cc2)=CC1. The number of nitrogens with zero attached hydrogens (tertiary/aromatic N) is 3. The predicted molar refractivity (Wildman–Crippen MR) is 250 cm³/mol. The van der Waals surface area contributed by atoms with Gasteiger partial charge in [0, 0.05) is 54.6 Å². The normalized spacial score (nSPS) is 15.9. The van der Waals surface area contributed by atoms with Crippen molar-refractivity contribution < 1.29 is 0 Å². The summed E-state index contributed by atoms with van der Waals surface area (Å²) in [4.78, 5) is 0. The maximum absolute atomic E-state index is 2.48. The van der Waals surface area contributed by atoms with Gasteiger partial charge in [0.15, 0.2) is 0 Å². The molecule has 282 valence electrons. The van der Waals surface area contributed by atoms with E-state index in [2.05, 4.69) is 223 Å². The van der Waals surface area contributed by atoms with Gasteiger partial charge < -0.3 is 13.7 Å². The van der Waals surface area contributed by atoms with Crippen molar-refractivity contribution in [3.8, 4) is 28.2 Å². The summed E-state index contributed by atoms with van der Waals surface area (Å²) in [5.74, 6) is 0.607. The van der Waals surface area contributed by atoms with E-state index in [0.717, 1.165) is 6.42 Å². The molecule has 7 aromatic carbocycles. The second-order valence-electron chi connectivity index (χ2n) is 17.2. The molecule has 1 atom stereocenters. The van der Waals surface area contributed by atoms with Crippen LogP contribution in [0.5, 0.6) is 0 Å². The predicted octanol–water partition coefficient (Wildman–Crippen LogP) is 13.1. The number of benzene rings is 7. The van der Waals surface area contributed by atoms with Crippen molar-refractivity contribution >= 4 is 72.2 Å². The summed E-state index contributed by atoms with van der Waals surface area (Å²) in [6.45, 7) is 6.89. The first kappa shape index (κ1) is 34.0. The van der Waals surface area contributed by atoms with Crippen LogP contribution in [0.15, 0.2) is 176 Å². The van der Waals surface area contributed by atoms with Gasteiger partial charge in [-0.3, -0.25) is 0 Å². The van der Waals surface area contributed by atoms with Gasteiger partial charge in [-0.15, -0.1) is 0 Å². The quantitative estimate of drug-likeness (QED) is 0.166. The molecule has 59 heavy (non-hydrogen) atoms. The monoisotopic (exact) mass is 757 g/mol. The van der Waals surface area contributed by atoms with E-state index in [1.54, 1.807) is 0 Å². The van der Waals surface area contributed by atoms with Crippen molar-refractivity contribution in [3.63, 3.8) is 0 Å². The third kappa shape index (κ3) is 5.27. The highest BCUT2D eigenvalue weighted by Crippen LogP contribution is 2.38. The molecule has 3 nitrogen and oxygen atoms in total. The largest absolute Gasteiger partial charge is 0.310 e. The Morgan fingerprint density at radius 2 is 0.983 bits per heavy atom. The molecule has 2 aliphatic rings. The molecule has 10 aromatic rings. The van der Waals surface area contributed by atoms with Crippen LogP contribution in [-0.4, -0.2) is 13.7 Å². The smallest absolute Gasteiger partial charge is 0.0542 e. The summed E-state index contributed by atoms with van der Waals surface area (Å²) in [6, 6.07) is 58.5. The molecule has 3 aromatic heterocycles. The van der Waals surface area contributed by atoms with Gasteiger partial charge in [0.25, 0.3) is 0 Å². The van der Waals surface area contributed by atoms with Crippen LogP contribution in [0.25, 0.3) is 100 Å². The molecule has 0 fully saturated rings. The molecule has 0 N–H and O–H groups in total. The second-order valence-corrected chi connectivity index (χ2v) is 17.2. The minimum Gasteiger partial charge on any atom is -0.310 e. The lowest BCUT2D eigenvalue weighted by Gasteiger charge is -2.14. The third-order valence-corrected chi connectivity index (χ3v) is 12.8. The number of fused-ring (bicyclic) bond motifs is 9. The lowest BCUT2D eigenvalue weighted by atomic mass is 9.94. The Kier molecular flexibility index (Phi) is 7.32. The fourth-order valence-electron chi connectivity index (χ4n) is 9.98. The van der Waals surface area contributed by atoms with E-state index in [0.29, 0.717) is 5.92 Å². The van der Waals surface area contributed by atoms with E-state index in [1.807, 2.05) is 0 Å². The van der Waals surface area contributed by atoms with E-state index in [4.69, 9.17) is 0 Å². The Morgan fingerprint density at radius 1 is 0.458 bits per heavy atom. The van der Waals surface area contributed by atoms with Crippen LogP contribution >= 0.6 is 0 Å². The highest BCUT2D eigenvalue weighted by molar-refractivity contribution is 6.11. The Morgan fingerprint density at radius 3 is 1.64 bits per heavy atom. The zero-order chi connectivity index (χ0) is 39.4. The van der Waals surface area contributed by atoms with Gasteiger partial charge in [0.1, 0.15) is 0 Å². The molecule has 3 heteroatoms. The first-order chi connectivity index (χ1) is 28.9. The summed E-state index contributed by atoms with van der Waals surface area (Å²) in [5.41, 5.74) is 14.6. The van der Waals surface area contributed by atoms with Crippen LogP contribution in [0.1, 0.15) is 32.8 Å². The van der Waals surface area contributed by atoms with Crippen LogP contribution in [0.3, 0.4) is 0 Å². The van der Waals surface area contributed by atoms with Crippen LogP contribution in [0, 0.1) is 11.3 Å². The van der Waals surface area contributed by atoms with E-state index < -0.39 is 0 Å². The van der Waals surface area contributed by atoms with Gasteiger partial charge in [-0.2, -0.15) is 0 Å². The molecule has 12 rings (SSSR count). The topological polar surface area (TPSA) is 14.8 Å². The molecule has 0 amide bonds. The van der Waals surface area contributed by atoms with Gasteiger partial charge in [-0.05, 0) is 113 Å². The van der Waals surface area contributed by atoms with Gasteiger partial charge >= 0.3 is 0 Å². The highest BCUT2D eigenvalue weighted by Gasteiger charge is 2.23. The molecule has 0 spiro atoms. The van der Waals surface area contributed by atoms with Gasteiger partial charge in [0.2, 0.25) is 0 Å². The lowest BCUT2D eigenvalue weighted by Crippen LogP contribution is -2.25. The lowest BCUT2D eigenvalue weighted by molar-refractivity contribution is 0.722. The molecule has 0 radical (unpaired) electrons. The molecule has 0 bridgehead atoms. The average molecular weight is 758 g/mol. The first-order valence-electron chi connectivity index (χ1n) is 20.9. The van der Waals surface area contributed by atoms with Crippen LogP contribution in [-0.2, 0) is 0 Å². The Bertz CT molecular complexity index is 3550. The minimum absolute atomic E-state index is 0.0500. The number of rotatable bonds is 5. The van der Waals surface area contributed by atoms with Crippen molar-refractivity contribution in [2.24, 2.45) is 11.3 Å². The summed E-state index contributed by atoms with van der Waals surface area (Å²) >= 11 is 0. The van der Waals surface area contributed by atoms with Gasteiger partial charge in [0.05, 0.1) is 32.9 Å². The van der Waals surface area contributed by atoms with Gasteiger partial charge in [-0.25, -0.2) is 0 Å². The van der Waals surface area contributed by atoms with E-state index >= 15 is 0 Å². The average Bonchev–Trinajstić information content (AvgIpc) is 3.97. The molecule has 2 aliphatic carbocycles. The molecule has 0 saturated heterocycles. The minimum atomic E-state index is -0.0500. The number of aromatic nitrogens is 3. The van der Waals surface area contributed by atoms with E-state index in [-0.39, 0.29) is 5.41 Å². The van der Waals surface area contributed by atoms with Crippen LogP contribution in [0.4, 0.5) is 0 Å².